The van der Waals surface area contributed by atoms with Crippen LogP contribution in [0, 0.1) is 0 Å². The molecule has 4 heteroatoms. The largest absolute Gasteiger partial charge is 0.324 e. The zero-order valence-electron chi connectivity index (χ0n) is 9.71. The smallest absolute Gasteiger partial charge is 0.0326 e. The highest BCUT2D eigenvalue weighted by Gasteiger charge is 2.30. The Hall–Kier alpha value is 0.1000. The van der Waals surface area contributed by atoms with Crippen molar-refractivity contribution in [1.29, 1.82) is 0 Å². The van der Waals surface area contributed by atoms with Crippen LogP contribution in [-0.4, -0.2) is 24.0 Å². The van der Waals surface area contributed by atoms with E-state index in [4.69, 9.17) is 5.73 Å². The third-order valence-corrected chi connectivity index (χ3v) is 4.91. The third kappa shape index (κ3) is 3.29. The Morgan fingerprint density at radius 2 is 2.19 bits per heavy atom. The number of hydrogen-bond acceptors (Lipinski definition) is 3. The van der Waals surface area contributed by atoms with E-state index >= 15 is 0 Å². The summed E-state index contributed by atoms with van der Waals surface area (Å²) in [7, 11) is 2.17. The van der Waals surface area contributed by atoms with Crippen molar-refractivity contribution < 1.29 is 0 Å². The van der Waals surface area contributed by atoms with E-state index in [0.29, 0.717) is 0 Å². The summed E-state index contributed by atoms with van der Waals surface area (Å²) in [6, 6.07) is 2.19. The van der Waals surface area contributed by atoms with Crippen LogP contribution in [0.1, 0.15) is 30.6 Å². The Balaban J connectivity index is 1.86. The summed E-state index contributed by atoms with van der Waals surface area (Å²) < 4.78 is 1.18. The molecule has 16 heavy (non-hydrogen) atoms. The van der Waals surface area contributed by atoms with E-state index in [1.807, 2.05) is 0 Å². The summed E-state index contributed by atoms with van der Waals surface area (Å²) in [5, 5.41) is 2.14. The van der Waals surface area contributed by atoms with E-state index in [1.165, 1.54) is 35.0 Å². The first-order valence-corrected chi connectivity index (χ1v) is 7.45. The molecular weight excluding hydrogens is 284 g/mol. The van der Waals surface area contributed by atoms with Crippen LogP contribution in [0.15, 0.2) is 15.9 Å². The van der Waals surface area contributed by atoms with Crippen LogP contribution in [0.4, 0.5) is 0 Å². The van der Waals surface area contributed by atoms with Crippen molar-refractivity contribution in [2.75, 3.05) is 13.6 Å². The topological polar surface area (TPSA) is 29.3 Å². The van der Waals surface area contributed by atoms with Gasteiger partial charge >= 0.3 is 0 Å². The monoisotopic (exact) mass is 302 g/mol. The van der Waals surface area contributed by atoms with Gasteiger partial charge in [-0.25, -0.2) is 0 Å². The molecule has 2 rings (SSSR count). The van der Waals surface area contributed by atoms with Gasteiger partial charge in [-0.2, -0.15) is 0 Å². The van der Waals surface area contributed by atoms with Gasteiger partial charge in [0.1, 0.15) is 0 Å². The number of halogens is 1. The summed E-state index contributed by atoms with van der Waals surface area (Å²) in [5.41, 5.74) is 6.44. The number of rotatable bonds is 4. The molecule has 0 saturated heterocycles. The summed E-state index contributed by atoms with van der Waals surface area (Å²) in [6.07, 6.45) is 4.97. The first kappa shape index (κ1) is 12.6. The quantitative estimate of drug-likeness (QED) is 0.925. The second-order valence-corrected chi connectivity index (χ2v) is 6.88. The maximum absolute atomic E-state index is 6.37. The lowest BCUT2D eigenvalue weighted by molar-refractivity contribution is 0.243. The summed E-state index contributed by atoms with van der Waals surface area (Å²) in [4.78, 5) is 3.75. The summed E-state index contributed by atoms with van der Waals surface area (Å²) in [6.45, 7) is 2.03. The van der Waals surface area contributed by atoms with Crippen LogP contribution < -0.4 is 5.73 Å². The molecule has 1 fully saturated rings. The van der Waals surface area contributed by atoms with Gasteiger partial charge in [-0.15, -0.1) is 11.3 Å². The van der Waals surface area contributed by atoms with Crippen molar-refractivity contribution in [3.63, 3.8) is 0 Å². The minimum Gasteiger partial charge on any atom is -0.324 e. The van der Waals surface area contributed by atoms with Crippen molar-refractivity contribution in [1.82, 2.24) is 4.90 Å². The van der Waals surface area contributed by atoms with Crippen LogP contribution >= 0.6 is 27.3 Å². The number of thiophene rings is 1. The molecule has 0 bridgehead atoms. The lowest BCUT2D eigenvalue weighted by Gasteiger charge is -2.29. The van der Waals surface area contributed by atoms with Gasteiger partial charge in [0.2, 0.25) is 0 Å². The molecule has 0 aliphatic heterocycles. The summed E-state index contributed by atoms with van der Waals surface area (Å²) >= 11 is 5.29. The van der Waals surface area contributed by atoms with Crippen LogP contribution in [-0.2, 0) is 6.54 Å². The molecule has 1 aromatic rings. The molecule has 0 aromatic carbocycles. The van der Waals surface area contributed by atoms with Crippen LogP contribution in [0.2, 0.25) is 0 Å². The zero-order chi connectivity index (χ0) is 11.6. The van der Waals surface area contributed by atoms with Gasteiger partial charge in [0, 0.05) is 33.4 Å². The zero-order valence-corrected chi connectivity index (χ0v) is 12.1. The molecule has 0 spiro atoms. The highest BCUT2D eigenvalue weighted by molar-refractivity contribution is 9.10. The second kappa shape index (κ2) is 5.17. The van der Waals surface area contributed by atoms with Crippen molar-refractivity contribution in [2.24, 2.45) is 5.73 Å². The molecule has 2 N–H and O–H groups in total. The summed E-state index contributed by atoms with van der Waals surface area (Å²) in [5.74, 6) is 0. The Labute approximate surface area is 110 Å². The fourth-order valence-corrected chi connectivity index (χ4v) is 4.06. The predicted octanol–water partition coefficient (Wildman–Crippen LogP) is 3.21. The predicted molar refractivity (Wildman–Crippen MR) is 73.7 cm³/mol. The van der Waals surface area contributed by atoms with Gasteiger partial charge in [0.25, 0.3) is 0 Å². The SMILES string of the molecule is CN(Cc1cc(Br)cs1)CC1(N)CCCC1. The van der Waals surface area contributed by atoms with Crippen molar-refractivity contribution in [3.8, 4) is 0 Å². The fourth-order valence-electron chi connectivity index (χ4n) is 2.53. The lowest BCUT2D eigenvalue weighted by Crippen LogP contribution is -2.46. The van der Waals surface area contributed by atoms with Gasteiger partial charge in [0.15, 0.2) is 0 Å². The van der Waals surface area contributed by atoms with Crippen LogP contribution in [0.25, 0.3) is 0 Å². The van der Waals surface area contributed by atoms with Gasteiger partial charge in [0.05, 0.1) is 0 Å². The third-order valence-electron chi connectivity index (χ3n) is 3.23. The van der Waals surface area contributed by atoms with E-state index in [1.54, 1.807) is 11.3 Å². The molecule has 1 aliphatic carbocycles. The van der Waals surface area contributed by atoms with Crippen molar-refractivity contribution >= 4 is 27.3 Å². The molecule has 1 heterocycles. The molecule has 1 aliphatic rings. The van der Waals surface area contributed by atoms with E-state index in [-0.39, 0.29) is 5.54 Å². The second-order valence-electron chi connectivity index (χ2n) is 4.97. The van der Waals surface area contributed by atoms with Gasteiger partial charge in [-0.3, -0.25) is 4.90 Å². The molecule has 0 amide bonds. The number of hydrogen-bond donors (Lipinski definition) is 1. The fraction of sp³-hybridized carbons (Fsp3) is 0.667. The Kier molecular flexibility index (Phi) is 4.06. The van der Waals surface area contributed by atoms with Gasteiger partial charge in [-0.1, -0.05) is 12.8 Å². The standard InChI is InChI=1S/C12H19BrN2S/c1-15(7-11-6-10(13)8-16-11)9-12(14)4-2-3-5-12/h6,8H,2-5,7,9,14H2,1H3. The van der Waals surface area contributed by atoms with Crippen molar-refractivity contribution in [2.45, 2.75) is 37.8 Å². The molecule has 0 unspecified atom stereocenters. The number of nitrogens with zero attached hydrogens (tertiary/aromatic N) is 1. The maximum atomic E-state index is 6.37. The molecule has 90 valence electrons. The van der Waals surface area contributed by atoms with Crippen LogP contribution in [0.5, 0.6) is 0 Å². The average Bonchev–Trinajstić information content (AvgIpc) is 2.75. The first-order valence-electron chi connectivity index (χ1n) is 5.78. The Morgan fingerprint density at radius 1 is 1.50 bits per heavy atom. The van der Waals surface area contributed by atoms with E-state index in [2.05, 4.69) is 39.3 Å². The molecule has 1 aromatic heterocycles. The normalized spacial score (nSPS) is 19.5. The number of likely N-dealkylation sites (N-methyl/N-ethyl adjacent to an activating group) is 1. The molecule has 0 atom stereocenters. The van der Waals surface area contributed by atoms with E-state index < -0.39 is 0 Å². The van der Waals surface area contributed by atoms with Gasteiger partial charge in [-0.05, 0) is 41.9 Å². The van der Waals surface area contributed by atoms with Gasteiger partial charge < -0.3 is 5.73 Å². The number of nitrogens with two attached hydrogens (primary N) is 1. The average molecular weight is 303 g/mol. The van der Waals surface area contributed by atoms with E-state index in [9.17, 15) is 0 Å². The van der Waals surface area contributed by atoms with Crippen LogP contribution in [0.3, 0.4) is 0 Å². The van der Waals surface area contributed by atoms with E-state index in [0.717, 1.165) is 13.1 Å². The maximum Gasteiger partial charge on any atom is 0.0326 e. The lowest BCUT2D eigenvalue weighted by atomic mass is 9.99. The minimum absolute atomic E-state index is 0.0727. The Morgan fingerprint density at radius 3 is 2.75 bits per heavy atom. The highest BCUT2D eigenvalue weighted by Crippen LogP contribution is 2.28. The molecule has 0 radical (unpaired) electrons. The minimum atomic E-state index is 0.0727. The molecular formula is C12H19BrN2S. The molecule has 1 saturated carbocycles. The highest BCUT2D eigenvalue weighted by atomic mass is 79.9. The van der Waals surface area contributed by atoms with Crippen molar-refractivity contribution in [3.05, 3.63) is 20.8 Å². The Bertz CT molecular complexity index is 345. The first-order chi connectivity index (χ1) is 7.57. The molecule has 2 nitrogen and oxygen atoms in total.